The molecule has 0 aliphatic rings. The van der Waals surface area contributed by atoms with Crippen LogP contribution < -0.4 is 0 Å². The number of hydrogen-bond donors (Lipinski definition) is 0. The van der Waals surface area contributed by atoms with E-state index in [4.69, 9.17) is 23.8 Å². The number of fused-ring (bicyclic) bond motifs is 7. The van der Waals surface area contributed by atoms with Crippen LogP contribution in [-0.2, 0) is 0 Å². The third-order valence-electron chi connectivity index (χ3n) is 10.3. The number of benzene rings is 8. The molecule has 0 radical (unpaired) electrons. The minimum Gasteiger partial charge on any atom is -0.456 e. The van der Waals surface area contributed by atoms with E-state index in [1.807, 2.05) is 48.5 Å². The molecule has 3 heterocycles. The molecule has 0 bridgehead atoms. The Kier molecular flexibility index (Phi) is 6.79. The summed E-state index contributed by atoms with van der Waals surface area (Å²) in [6.45, 7) is 0. The normalized spacial score (nSPS) is 11.7. The van der Waals surface area contributed by atoms with E-state index in [-0.39, 0.29) is 0 Å². The second-order valence-corrected chi connectivity index (χ2v) is 13.5. The van der Waals surface area contributed by atoms with Crippen LogP contribution in [0.2, 0.25) is 0 Å². The van der Waals surface area contributed by atoms with Crippen LogP contribution in [0.1, 0.15) is 0 Å². The lowest BCUT2D eigenvalue weighted by molar-refractivity contribution is 0.668. The van der Waals surface area contributed by atoms with E-state index >= 15 is 0 Å². The average Bonchev–Trinajstić information content (AvgIpc) is 3.82. The third-order valence-corrected chi connectivity index (χ3v) is 10.3. The first-order valence-corrected chi connectivity index (χ1v) is 18.0. The molecule has 0 spiro atoms. The summed E-state index contributed by atoms with van der Waals surface area (Å²) >= 11 is 0. The molecule has 5 heteroatoms. The fourth-order valence-corrected chi connectivity index (χ4v) is 7.81. The molecule has 0 aliphatic heterocycles. The monoisotopic (exact) mass is 691 g/mol. The van der Waals surface area contributed by atoms with Gasteiger partial charge in [-0.2, -0.15) is 0 Å². The van der Waals surface area contributed by atoms with Gasteiger partial charge in [-0.05, 0) is 69.4 Å². The number of nitrogens with zero attached hydrogens (tertiary/aromatic N) is 3. The van der Waals surface area contributed by atoms with Gasteiger partial charge in [-0.3, -0.25) is 0 Å². The van der Waals surface area contributed by atoms with E-state index in [9.17, 15) is 0 Å². The molecule has 0 unspecified atom stereocenters. The average molecular weight is 692 g/mol. The lowest BCUT2D eigenvalue weighted by Crippen LogP contribution is -2.01. The lowest BCUT2D eigenvalue weighted by Gasteiger charge is -2.13. The lowest BCUT2D eigenvalue weighted by atomic mass is 9.94. The molecule has 0 saturated heterocycles. The number of para-hydroxylation sites is 1. The Hall–Kier alpha value is -7.37. The quantitative estimate of drug-likeness (QED) is 0.180. The van der Waals surface area contributed by atoms with Crippen molar-refractivity contribution in [3.63, 3.8) is 0 Å². The van der Waals surface area contributed by atoms with Gasteiger partial charge in [0.05, 0.1) is 0 Å². The molecule has 54 heavy (non-hydrogen) atoms. The van der Waals surface area contributed by atoms with Crippen LogP contribution in [-0.4, -0.2) is 15.0 Å². The maximum absolute atomic E-state index is 6.53. The van der Waals surface area contributed by atoms with Crippen molar-refractivity contribution in [1.82, 2.24) is 15.0 Å². The molecule has 11 rings (SSSR count). The Balaban J connectivity index is 1.14. The number of hydrogen-bond acceptors (Lipinski definition) is 5. The molecule has 0 aliphatic carbocycles. The first kappa shape index (κ1) is 30.3. The summed E-state index contributed by atoms with van der Waals surface area (Å²) in [5.74, 6) is 1.76. The van der Waals surface area contributed by atoms with Crippen molar-refractivity contribution in [3.8, 4) is 56.4 Å². The smallest absolute Gasteiger partial charge is 0.164 e. The van der Waals surface area contributed by atoms with Crippen molar-refractivity contribution in [2.24, 2.45) is 0 Å². The van der Waals surface area contributed by atoms with E-state index in [0.29, 0.717) is 17.5 Å². The Morgan fingerprint density at radius 1 is 0.296 bits per heavy atom. The number of aromatic nitrogens is 3. The largest absolute Gasteiger partial charge is 0.456 e. The maximum atomic E-state index is 6.53. The van der Waals surface area contributed by atoms with Gasteiger partial charge in [0.2, 0.25) is 0 Å². The molecular formula is C49H29N3O2. The van der Waals surface area contributed by atoms with E-state index in [2.05, 4.69) is 127 Å². The Morgan fingerprint density at radius 3 is 1.72 bits per heavy atom. The van der Waals surface area contributed by atoms with Gasteiger partial charge in [-0.15, -0.1) is 0 Å². The van der Waals surface area contributed by atoms with Gasteiger partial charge < -0.3 is 8.83 Å². The summed E-state index contributed by atoms with van der Waals surface area (Å²) in [7, 11) is 0. The van der Waals surface area contributed by atoms with E-state index < -0.39 is 0 Å². The van der Waals surface area contributed by atoms with Crippen LogP contribution in [0.3, 0.4) is 0 Å². The summed E-state index contributed by atoms with van der Waals surface area (Å²) in [5, 5.41) is 6.39. The fourth-order valence-electron chi connectivity index (χ4n) is 7.81. The highest BCUT2D eigenvalue weighted by Gasteiger charge is 2.21. The summed E-state index contributed by atoms with van der Waals surface area (Å²) in [6, 6.07) is 60.4. The molecule has 11 aromatic rings. The summed E-state index contributed by atoms with van der Waals surface area (Å²) in [5.41, 5.74) is 10.3. The van der Waals surface area contributed by atoms with Crippen molar-refractivity contribution >= 4 is 54.6 Å². The van der Waals surface area contributed by atoms with E-state index in [1.165, 1.54) is 0 Å². The first-order valence-electron chi connectivity index (χ1n) is 18.0. The van der Waals surface area contributed by atoms with Gasteiger partial charge >= 0.3 is 0 Å². The highest BCUT2D eigenvalue weighted by molar-refractivity contribution is 6.14. The SMILES string of the molecule is c1ccc(-c2ccc3c(c2)oc2cccc(-c4ccccc4-c4nc(-c5ccc6ccccc6c5)nc(-c5cccc6oc7ccccc7c56)n4)c23)cc1. The zero-order valence-corrected chi connectivity index (χ0v) is 28.9. The molecule has 0 N–H and O–H groups in total. The molecular weight excluding hydrogens is 663 g/mol. The van der Waals surface area contributed by atoms with Crippen LogP contribution in [0.15, 0.2) is 185 Å². The van der Waals surface area contributed by atoms with Gasteiger partial charge in [-0.1, -0.05) is 140 Å². The number of furan rings is 2. The first-order chi connectivity index (χ1) is 26.7. The summed E-state index contributed by atoms with van der Waals surface area (Å²) in [4.78, 5) is 15.7. The highest BCUT2D eigenvalue weighted by Crippen LogP contribution is 2.42. The van der Waals surface area contributed by atoms with E-state index in [0.717, 1.165) is 93.6 Å². The highest BCUT2D eigenvalue weighted by atomic mass is 16.3. The van der Waals surface area contributed by atoms with Crippen LogP contribution >= 0.6 is 0 Å². The van der Waals surface area contributed by atoms with Gasteiger partial charge in [0.15, 0.2) is 17.5 Å². The predicted molar refractivity (Wildman–Crippen MR) is 219 cm³/mol. The van der Waals surface area contributed by atoms with Crippen LogP contribution in [0.5, 0.6) is 0 Å². The molecule has 5 nitrogen and oxygen atoms in total. The third kappa shape index (κ3) is 4.90. The molecule has 0 atom stereocenters. The standard InChI is InChI=1S/C49H29N3O2/c1-2-12-30(13-3-1)33-26-27-39-44(29-33)54-42-22-10-19-36(45(39)42)35-16-6-7-17-37(35)48-50-47(34-25-24-31-14-4-5-15-32(31)28-34)51-49(52-48)40-20-11-23-43-46(40)38-18-8-9-21-41(38)53-43/h1-29H. The predicted octanol–water partition coefficient (Wildman–Crippen LogP) is 13.2. The minimum absolute atomic E-state index is 0.579. The maximum Gasteiger partial charge on any atom is 0.164 e. The molecule has 8 aromatic carbocycles. The molecule has 0 fully saturated rings. The van der Waals surface area contributed by atoms with Gasteiger partial charge in [0.25, 0.3) is 0 Å². The van der Waals surface area contributed by atoms with Crippen molar-refractivity contribution < 1.29 is 8.83 Å². The molecule has 3 aromatic heterocycles. The van der Waals surface area contributed by atoms with Crippen molar-refractivity contribution in [2.45, 2.75) is 0 Å². The molecule has 252 valence electrons. The van der Waals surface area contributed by atoms with Crippen molar-refractivity contribution in [3.05, 3.63) is 176 Å². The fraction of sp³-hybridized carbons (Fsp3) is 0. The Morgan fingerprint density at radius 2 is 0.870 bits per heavy atom. The zero-order valence-electron chi connectivity index (χ0n) is 28.9. The molecule has 0 amide bonds. The Bertz CT molecular complexity index is 3230. The molecule has 0 saturated carbocycles. The number of rotatable bonds is 5. The van der Waals surface area contributed by atoms with Crippen LogP contribution in [0.25, 0.3) is 111 Å². The van der Waals surface area contributed by atoms with E-state index in [1.54, 1.807) is 0 Å². The second kappa shape index (κ2) is 12.1. The minimum atomic E-state index is 0.579. The van der Waals surface area contributed by atoms with Crippen LogP contribution in [0.4, 0.5) is 0 Å². The zero-order chi connectivity index (χ0) is 35.6. The topological polar surface area (TPSA) is 65.0 Å². The Labute approximate surface area is 309 Å². The van der Waals surface area contributed by atoms with Crippen molar-refractivity contribution in [1.29, 1.82) is 0 Å². The van der Waals surface area contributed by atoms with Crippen molar-refractivity contribution in [2.75, 3.05) is 0 Å². The summed E-state index contributed by atoms with van der Waals surface area (Å²) < 4.78 is 12.8. The summed E-state index contributed by atoms with van der Waals surface area (Å²) in [6.07, 6.45) is 0. The van der Waals surface area contributed by atoms with Gasteiger partial charge in [0.1, 0.15) is 22.3 Å². The van der Waals surface area contributed by atoms with Crippen LogP contribution in [0, 0.1) is 0 Å². The second-order valence-electron chi connectivity index (χ2n) is 13.5. The van der Waals surface area contributed by atoms with Gasteiger partial charge in [0, 0.05) is 38.2 Å². The van der Waals surface area contributed by atoms with Gasteiger partial charge in [-0.25, -0.2) is 15.0 Å².